The highest BCUT2D eigenvalue weighted by Gasteiger charge is 2.67. The monoisotopic (exact) mass is 546 g/mol. The lowest BCUT2D eigenvalue weighted by atomic mass is 9.82. The Bertz CT molecular complexity index is 1590. The molecule has 7 heteroatoms. The van der Waals surface area contributed by atoms with Gasteiger partial charge in [0.15, 0.2) is 19.7 Å². The SMILES string of the molecule is O=S(=O)(c1ccccc1)C1C2C(=Cc3ccc(F)cc3)C(C3=C2C2CCC3C2)C1S(=O)(=O)c1ccccc1. The van der Waals surface area contributed by atoms with Crippen molar-refractivity contribution in [3.63, 3.8) is 0 Å². The van der Waals surface area contributed by atoms with Crippen molar-refractivity contribution < 1.29 is 21.2 Å². The first-order chi connectivity index (χ1) is 18.3. The second-order valence-corrected chi connectivity index (χ2v) is 15.1. The normalized spacial score (nSPS) is 29.7. The molecule has 6 unspecified atom stereocenters. The number of hydrogen-bond acceptors (Lipinski definition) is 4. The van der Waals surface area contributed by atoms with Crippen LogP contribution in [-0.2, 0) is 19.7 Å². The van der Waals surface area contributed by atoms with Crippen LogP contribution < -0.4 is 0 Å². The van der Waals surface area contributed by atoms with Crippen molar-refractivity contribution in [3.8, 4) is 0 Å². The Labute approximate surface area is 222 Å². The molecule has 0 N–H and O–H groups in total. The topological polar surface area (TPSA) is 68.3 Å². The Kier molecular flexibility index (Phi) is 5.37. The summed E-state index contributed by atoms with van der Waals surface area (Å²) in [7, 11) is -8.02. The summed E-state index contributed by atoms with van der Waals surface area (Å²) in [5.74, 6) is -0.742. The van der Waals surface area contributed by atoms with Crippen molar-refractivity contribution in [1.29, 1.82) is 0 Å². The van der Waals surface area contributed by atoms with Crippen LogP contribution in [0.2, 0.25) is 0 Å². The molecule has 4 bridgehead atoms. The molecule has 4 aliphatic rings. The molecular weight excluding hydrogens is 519 g/mol. The van der Waals surface area contributed by atoms with Gasteiger partial charge < -0.3 is 0 Å². The fraction of sp³-hybridized carbons (Fsp3) is 0.290. The van der Waals surface area contributed by atoms with Crippen LogP contribution in [0, 0.1) is 29.5 Å². The summed E-state index contributed by atoms with van der Waals surface area (Å²) >= 11 is 0. The van der Waals surface area contributed by atoms with Crippen LogP contribution in [-0.4, -0.2) is 27.3 Å². The first-order valence-corrected chi connectivity index (χ1v) is 16.2. The minimum atomic E-state index is -4.01. The van der Waals surface area contributed by atoms with E-state index in [1.165, 1.54) is 23.3 Å². The van der Waals surface area contributed by atoms with Crippen molar-refractivity contribution in [2.45, 2.75) is 39.6 Å². The van der Waals surface area contributed by atoms with Crippen molar-refractivity contribution in [1.82, 2.24) is 0 Å². The van der Waals surface area contributed by atoms with Gasteiger partial charge in [0.05, 0.1) is 20.3 Å². The minimum absolute atomic E-state index is 0.150. The number of rotatable bonds is 5. The third kappa shape index (κ3) is 3.37. The van der Waals surface area contributed by atoms with Gasteiger partial charge in [0.1, 0.15) is 5.82 Å². The van der Waals surface area contributed by atoms with Crippen LogP contribution in [0.4, 0.5) is 4.39 Å². The average Bonchev–Trinajstić information content (AvgIpc) is 3.70. The zero-order valence-electron chi connectivity index (χ0n) is 20.6. The Morgan fingerprint density at radius 3 is 1.53 bits per heavy atom. The maximum absolute atomic E-state index is 14.4. The summed E-state index contributed by atoms with van der Waals surface area (Å²) in [5, 5.41) is -2.24. The molecule has 2 saturated carbocycles. The fourth-order valence-electron chi connectivity index (χ4n) is 7.73. The molecule has 4 aliphatic carbocycles. The maximum atomic E-state index is 14.4. The van der Waals surface area contributed by atoms with E-state index in [1.54, 1.807) is 72.8 Å². The molecule has 38 heavy (non-hydrogen) atoms. The molecule has 0 heterocycles. The van der Waals surface area contributed by atoms with E-state index in [0.717, 1.165) is 30.4 Å². The van der Waals surface area contributed by atoms with Gasteiger partial charge in [-0.25, -0.2) is 21.2 Å². The molecule has 0 aromatic heterocycles. The number of allylic oxidation sites excluding steroid dienone is 3. The van der Waals surface area contributed by atoms with E-state index >= 15 is 0 Å². The minimum Gasteiger partial charge on any atom is -0.223 e. The van der Waals surface area contributed by atoms with Gasteiger partial charge in [-0.1, -0.05) is 71.3 Å². The predicted octanol–water partition coefficient (Wildman–Crippen LogP) is 5.88. The van der Waals surface area contributed by atoms with Gasteiger partial charge in [-0.3, -0.25) is 0 Å². The summed E-state index contributed by atoms with van der Waals surface area (Å²) in [6.45, 7) is 0. The van der Waals surface area contributed by atoms with E-state index in [4.69, 9.17) is 0 Å². The Morgan fingerprint density at radius 2 is 1.08 bits per heavy atom. The highest BCUT2D eigenvalue weighted by Crippen LogP contribution is 2.68. The molecule has 6 atom stereocenters. The van der Waals surface area contributed by atoms with E-state index in [1.807, 2.05) is 6.08 Å². The molecule has 0 spiro atoms. The molecule has 0 radical (unpaired) electrons. The highest BCUT2D eigenvalue weighted by molar-refractivity contribution is 7.96. The molecule has 4 nitrogen and oxygen atoms in total. The molecule has 7 rings (SSSR count). The van der Waals surface area contributed by atoms with Crippen molar-refractivity contribution in [3.05, 3.63) is 113 Å². The number of benzene rings is 3. The zero-order valence-corrected chi connectivity index (χ0v) is 22.2. The Balaban J connectivity index is 1.49. The van der Waals surface area contributed by atoms with Crippen LogP contribution in [0.1, 0.15) is 24.8 Å². The summed E-state index contributed by atoms with van der Waals surface area (Å²) in [6.07, 6.45) is 4.95. The van der Waals surface area contributed by atoms with Crippen LogP contribution >= 0.6 is 0 Å². The first kappa shape index (κ1) is 24.0. The summed E-state index contributed by atoms with van der Waals surface area (Å²) < 4.78 is 71.2. The number of halogens is 1. The molecule has 0 amide bonds. The van der Waals surface area contributed by atoms with E-state index in [2.05, 4.69) is 0 Å². The van der Waals surface area contributed by atoms with Gasteiger partial charge in [-0.2, -0.15) is 0 Å². The highest BCUT2D eigenvalue weighted by atomic mass is 32.2. The van der Waals surface area contributed by atoms with E-state index in [9.17, 15) is 21.2 Å². The van der Waals surface area contributed by atoms with Crippen molar-refractivity contribution in [2.75, 3.05) is 0 Å². The largest absolute Gasteiger partial charge is 0.223 e. The molecule has 3 aromatic carbocycles. The van der Waals surface area contributed by atoms with E-state index in [-0.39, 0.29) is 15.6 Å². The average molecular weight is 547 g/mol. The van der Waals surface area contributed by atoms with Crippen molar-refractivity contribution in [2.24, 2.45) is 23.7 Å². The molecular formula is C31H27FO4S2. The molecule has 3 aromatic rings. The third-order valence-electron chi connectivity index (χ3n) is 9.08. The summed E-state index contributed by atoms with van der Waals surface area (Å²) in [5.41, 5.74) is 3.94. The lowest BCUT2D eigenvalue weighted by Crippen LogP contribution is -2.45. The van der Waals surface area contributed by atoms with Crippen molar-refractivity contribution >= 4 is 25.8 Å². The second-order valence-electron chi connectivity index (χ2n) is 10.9. The van der Waals surface area contributed by atoms with Gasteiger partial charge >= 0.3 is 0 Å². The van der Waals surface area contributed by atoms with Crippen LogP contribution in [0.5, 0.6) is 0 Å². The number of fused-ring (bicyclic) bond motifs is 8. The van der Waals surface area contributed by atoms with Gasteiger partial charge in [-0.05, 0) is 73.1 Å². The van der Waals surface area contributed by atoms with E-state index in [0.29, 0.717) is 11.8 Å². The first-order valence-electron chi connectivity index (χ1n) is 13.1. The van der Waals surface area contributed by atoms with Gasteiger partial charge in [0.25, 0.3) is 0 Å². The predicted molar refractivity (Wildman–Crippen MR) is 144 cm³/mol. The zero-order chi connectivity index (χ0) is 26.2. The lowest BCUT2D eigenvalue weighted by molar-refractivity contribution is 0.494. The smallest absolute Gasteiger partial charge is 0.183 e. The number of hydrogen-bond donors (Lipinski definition) is 0. The summed E-state index contributed by atoms with van der Waals surface area (Å²) in [4.78, 5) is 0.300. The molecule has 2 fully saturated rings. The van der Waals surface area contributed by atoms with Gasteiger partial charge in [0.2, 0.25) is 0 Å². The van der Waals surface area contributed by atoms with E-state index < -0.39 is 42.0 Å². The Hall–Kier alpha value is -3.03. The van der Waals surface area contributed by atoms with Crippen LogP contribution in [0.25, 0.3) is 6.08 Å². The molecule has 0 aliphatic heterocycles. The third-order valence-corrected chi connectivity index (χ3v) is 13.7. The number of sulfone groups is 2. The standard InChI is InChI=1S/C31H27FO4S2/c32-22-15-11-19(12-16-22)17-25-28-26-20-13-14-21(18-20)27(26)29(25)31(38(35,36)24-9-5-2-6-10-24)30(28)37(33,34)23-7-3-1-4-8-23/h1-12,15-17,20-21,28-31H,13-14,18H2. The molecule has 0 saturated heterocycles. The maximum Gasteiger partial charge on any atom is 0.183 e. The fourth-order valence-corrected chi connectivity index (χ4v) is 12.7. The van der Waals surface area contributed by atoms with Gasteiger partial charge in [0, 0.05) is 11.8 Å². The second kappa shape index (κ2) is 8.48. The lowest BCUT2D eigenvalue weighted by Gasteiger charge is -2.35. The van der Waals surface area contributed by atoms with Crippen LogP contribution in [0.3, 0.4) is 0 Å². The quantitative estimate of drug-likeness (QED) is 0.296. The Morgan fingerprint density at radius 1 is 0.632 bits per heavy atom. The van der Waals surface area contributed by atoms with Gasteiger partial charge in [-0.15, -0.1) is 0 Å². The van der Waals surface area contributed by atoms with Crippen LogP contribution in [0.15, 0.2) is 111 Å². The summed E-state index contributed by atoms with van der Waals surface area (Å²) in [6, 6.07) is 22.6. The molecule has 194 valence electrons.